The maximum Gasteiger partial charge on any atom is 0.310 e. The summed E-state index contributed by atoms with van der Waals surface area (Å²) < 4.78 is 43.7. The Labute approximate surface area is 211 Å². The van der Waals surface area contributed by atoms with E-state index in [0.29, 0.717) is 44.1 Å². The van der Waals surface area contributed by atoms with Crippen LogP contribution in [-0.2, 0) is 19.6 Å². The number of carbonyl (C=O) groups is 1. The van der Waals surface area contributed by atoms with Crippen LogP contribution in [-0.4, -0.2) is 75.5 Å². The number of ether oxygens (including phenoxy) is 3. The normalized spacial score (nSPS) is 22.1. The molecule has 9 heteroatoms. The van der Waals surface area contributed by atoms with E-state index in [1.807, 2.05) is 32.0 Å². The molecule has 0 spiro atoms. The number of rotatable bonds is 14. The summed E-state index contributed by atoms with van der Waals surface area (Å²) in [5.74, 6) is 0.999. The van der Waals surface area contributed by atoms with Gasteiger partial charge in [-0.3, -0.25) is 9.69 Å². The number of sulfonamides is 1. The van der Waals surface area contributed by atoms with Crippen LogP contribution in [0, 0.1) is 5.92 Å². The van der Waals surface area contributed by atoms with Crippen molar-refractivity contribution in [3.05, 3.63) is 23.8 Å². The first-order valence-electron chi connectivity index (χ1n) is 13.0. The first-order valence-corrected chi connectivity index (χ1v) is 14.7. The van der Waals surface area contributed by atoms with Gasteiger partial charge in [0.05, 0.1) is 18.8 Å². The van der Waals surface area contributed by atoms with Gasteiger partial charge in [-0.1, -0.05) is 46.1 Å². The van der Waals surface area contributed by atoms with Crippen molar-refractivity contribution in [2.45, 2.75) is 71.3 Å². The monoisotopic (exact) mass is 510 g/mol. The van der Waals surface area contributed by atoms with E-state index in [4.69, 9.17) is 14.2 Å². The van der Waals surface area contributed by atoms with E-state index in [2.05, 4.69) is 11.8 Å². The molecule has 3 atom stereocenters. The van der Waals surface area contributed by atoms with E-state index in [1.54, 1.807) is 4.31 Å². The van der Waals surface area contributed by atoms with Crippen LogP contribution >= 0.6 is 0 Å². The fourth-order valence-corrected chi connectivity index (χ4v) is 6.99. The lowest BCUT2D eigenvalue weighted by Gasteiger charge is -2.30. The largest absolute Gasteiger partial charge is 0.469 e. The molecule has 2 aliphatic heterocycles. The van der Waals surface area contributed by atoms with Crippen molar-refractivity contribution in [3.63, 3.8) is 0 Å². The van der Waals surface area contributed by atoms with Crippen molar-refractivity contribution in [1.82, 2.24) is 9.21 Å². The smallest absolute Gasteiger partial charge is 0.310 e. The molecular weight excluding hydrogens is 468 g/mol. The molecule has 8 nitrogen and oxygen atoms in total. The molecule has 2 aliphatic rings. The van der Waals surface area contributed by atoms with Crippen LogP contribution in [0.5, 0.6) is 11.5 Å². The van der Waals surface area contributed by atoms with Crippen molar-refractivity contribution in [3.8, 4) is 11.5 Å². The van der Waals surface area contributed by atoms with E-state index in [-0.39, 0.29) is 36.4 Å². The molecule has 198 valence electrons. The molecule has 0 amide bonds. The summed E-state index contributed by atoms with van der Waals surface area (Å²) in [5, 5.41) is 0. The van der Waals surface area contributed by atoms with Crippen LogP contribution < -0.4 is 9.47 Å². The third-order valence-electron chi connectivity index (χ3n) is 7.11. The Morgan fingerprint density at radius 3 is 2.54 bits per heavy atom. The molecule has 3 rings (SSSR count). The zero-order valence-electron chi connectivity index (χ0n) is 21.7. The van der Waals surface area contributed by atoms with Crippen molar-refractivity contribution < 1.29 is 27.4 Å². The summed E-state index contributed by atoms with van der Waals surface area (Å²) in [7, 11) is -1.84. The first-order chi connectivity index (χ1) is 16.9. The first kappa shape index (κ1) is 27.7. The van der Waals surface area contributed by atoms with Crippen LogP contribution in [0.4, 0.5) is 0 Å². The SMILES string of the molecule is CCCCC[C@@H]1[C@@H](C(=O)OC)[C@@H](c2ccc3c(c2)OCO3)CN1CCN(CCC)S(=O)(=O)CCC. The number of fused-ring (bicyclic) bond motifs is 1. The molecule has 0 aromatic heterocycles. The second kappa shape index (κ2) is 12.9. The van der Waals surface area contributed by atoms with E-state index < -0.39 is 10.0 Å². The zero-order chi connectivity index (χ0) is 25.4. The lowest BCUT2D eigenvalue weighted by atomic mass is 9.83. The Bertz CT molecular complexity index is 938. The summed E-state index contributed by atoms with van der Waals surface area (Å²) in [6.07, 6.45) is 5.46. The predicted octanol–water partition coefficient (Wildman–Crippen LogP) is 4.00. The molecule has 2 heterocycles. The van der Waals surface area contributed by atoms with Gasteiger partial charge in [-0.2, -0.15) is 0 Å². The number of nitrogens with zero attached hydrogens (tertiary/aromatic N) is 2. The number of hydrogen-bond donors (Lipinski definition) is 0. The maximum absolute atomic E-state index is 13.1. The highest BCUT2D eigenvalue weighted by atomic mass is 32.2. The summed E-state index contributed by atoms with van der Waals surface area (Å²) in [6.45, 7) is 8.48. The lowest BCUT2D eigenvalue weighted by molar-refractivity contribution is -0.146. The summed E-state index contributed by atoms with van der Waals surface area (Å²) in [5.41, 5.74) is 1.02. The molecule has 1 aromatic rings. The van der Waals surface area contributed by atoms with Crippen molar-refractivity contribution in [2.24, 2.45) is 5.92 Å². The Hall–Kier alpha value is -1.84. The number of benzene rings is 1. The second-order valence-electron chi connectivity index (χ2n) is 9.54. The average Bonchev–Trinajstić information content (AvgIpc) is 3.45. The third-order valence-corrected chi connectivity index (χ3v) is 9.19. The molecule has 0 aliphatic carbocycles. The van der Waals surface area contributed by atoms with Crippen molar-refractivity contribution >= 4 is 16.0 Å². The summed E-state index contributed by atoms with van der Waals surface area (Å²) in [6, 6.07) is 5.89. The van der Waals surface area contributed by atoms with Gasteiger partial charge < -0.3 is 14.2 Å². The fourth-order valence-electron chi connectivity index (χ4n) is 5.40. The number of methoxy groups -OCH3 is 1. The summed E-state index contributed by atoms with van der Waals surface area (Å²) >= 11 is 0. The predicted molar refractivity (Wildman–Crippen MR) is 136 cm³/mol. The Morgan fingerprint density at radius 2 is 1.86 bits per heavy atom. The van der Waals surface area contributed by atoms with Crippen molar-refractivity contribution in [2.75, 3.05) is 45.8 Å². The van der Waals surface area contributed by atoms with Gasteiger partial charge in [-0.25, -0.2) is 12.7 Å². The van der Waals surface area contributed by atoms with Gasteiger partial charge in [0.2, 0.25) is 16.8 Å². The van der Waals surface area contributed by atoms with Gasteiger partial charge in [0.15, 0.2) is 11.5 Å². The van der Waals surface area contributed by atoms with Gasteiger partial charge in [0, 0.05) is 38.1 Å². The number of unbranched alkanes of at least 4 members (excludes halogenated alkanes) is 2. The number of esters is 1. The minimum Gasteiger partial charge on any atom is -0.469 e. The van der Waals surface area contributed by atoms with Crippen LogP contribution in [0.25, 0.3) is 0 Å². The van der Waals surface area contributed by atoms with Gasteiger partial charge in [0.25, 0.3) is 0 Å². The van der Waals surface area contributed by atoms with E-state index in [9.17, 15) is 13.2 Å². The van der Waals surface area contributed by atoms with Crippen LogP contribution in [0.3, 0.4) is 0 Å². The zero-order valence-corrected chi connectivity index (χ0v) is 22.5. The third kappa shape index (κ3) is 6.68. The van der Waals surface area contributed by atoms with Crippen molar-refractivity contribution in [1.29, 1.82) is 0 Å². The molecule has 0 unspecified atom stereocenters. The van der Waals surface area contributed by atoms with E-state index >= 15 is 0 Å². The Kier molecular flexibility index (Phi) is 10.2. The molecule has 1 aromatic carbocycles. The maximum atomic E-state index is 13.1. The molecule has 0 saturated carbocycles. The van der Waals surface area contributed by atoms with Gasteiger partial charge >= 0.3 is 5.97 Å². The van der Waals surface area contributed by atoms with Crippen LogP contribution in [0.1, 0.15) is 70.8 Å². The highest BCUT2D eigenvalue weighted by Gasteiger charge is 2.47. The molecule has 35 heavy (non-hydrogen) atoms. The second-order valence-corrected chi connectivity index (χ2v) is 11.6. The van der Waals surface area contributed by atoms with E-state index in [0.717, 1.165) is 37.7 Å². The molecule has 0 N–H and O–H groups in total. The molecule has 0 bridgehead atoms. The molecule has 1 saturated heterocycles. The molecule has 0 radical (unpaired) electrons. The number of carbonyl (C=O) groups excluding carboxylic acids is 1. The topological polar surface area (TPSA) is 85.4 Å². The molecule has 1 fully saturated rings. The average molecular weight is 511 g/mol. The highest BCUT2D eigenvalue weighted by molar-refractivity contribution is 7.89. The van der Waals surface area contributed by atoms with Crippen LogP contribution in [0.2, 0.25) is 0 Å². The van der Waals surface area contributed by atoms with Gasteiger partial charge in [-0.15, -0.1) is 0 Å². The highest BCUT2D eigenvalue weighted by Crippen LogP contribution is 2.43. The van der Waals surface area contributed by atoms with E-state index in [1.165, 1.54) is 7.11 Å². The standard InChI is InChI=1S/C26H42N2O6S/c1-5-8-9-10-22-25(26(29)32-4)21(20-11-12-23-24(17-20)34-19-33-23)18-27(22)14-15-28(13-6-2)35(30,31)16-7-3/h11-12,17,21-22,25H,5-10,13-16,18-19H2,1-4H3/t21-,22-,25+/m1/s1. The molecular formula is C26H42N2O6S. The minimum absolute atomic E-state index is 0.00165. The number of hydrogen-bond acceptors (Lipinski definition) is 7. The van der Waals surface area contributed by atoms with Gasteiger partial charge in [0.1, 0.15) is 0 Å². The van der Waals surface area contributed by atoms with Gasteiger partial charge in [-0.05, 0) is 37.0 Å². The lowest BCUT2D eigenvalue weighted by Crippen LogP contribution is -2.43. The van der Waals surface area contributed by atoms with Crippen LogP contribution in [0.15, 0.2) is 18.2 Å². The minimum atomic E-state index is -3.29. The fraction of sp³-hybridized carbons (Fsp3) is 0.731. The quantitative estimate of drug-likeness (QED) is 0.276. The Balaban J connectivity index is 1.87. The summed E-state index contributed by atoms with van der Waals surface area (Å²) in [4.78, 5) is 15.4. The Morgan fingerprint density at radius 1 is 1.09 bits per heavy atom. The number of likely N-dealkylation sites (tertiary alicyclic amines) is 1.